The van der Waals surface area contributed by atoms with E-state index in [0.717, 1.165) is 18.9 Å². The molecule has 2 fully saturated rings. The Morgan fingerprint density at radius 3 is 1.72 bits per heavy atom. The van der Waals surface area contributed by atoms with Crippen molar-refractivity contribution >= 4 is 5.78 Å². The van der Waals surface area contributed by atoms with E-state index in [9.17, 15) is 4.79 Å². The molecule has 0 aromatic rings. The highest BCUT2D eigenvalue weighted by Gasteiger charge is 2.27. The fraction of sp³-hybridized carbons (Fsp3) is 0.933. The summed E-state index contributed by atoms with van der Waals surface area (Å²) < 4.78 is 0. The van der Waals surface area contributed by atoms with Gasteiger partial charge >= 0.3 is 0 Å². The van der Waals surface area contributed by atoms with Crippen LogP contribution >= 0.6 is 0 Å². The summed E-state index contributed by atoms with van der Waals surface area (Å²) >= 11 is 0. The van der Waals surface area contributed by atoms with Gasteiger partial charge in [-0.1, -0.05) is 0 Å². The van der Waals surface area contributed by atoms with Crippen LogP contribution in [0.15, 0.2) is 0 Å². The van der Waals surface area contributed by atoms with Crippen molar-refractivity contribution < 1.29 is 4.79 Å². The highest BCUT2D eigenvalue weighted by atomic mass is 16.1. The highest BCUT2D eigenvalue weighted by Crippen LogP contribution is 2.27. The van der Waals surface area contributed by atoms with E-state index in [-0.39, 0.29) is 0 Å². The standard InChI is InChI=1S/C15H28N2O/c1-11(18)12-3-5-14(6-4-12)17-15-9-7-13(16-2)8-10-15/h12-17H,3-10H2,1-2H3. The van der Waals surface area contributed by atoms with Crippen molar-refractivity contribution in [2.45, 2.75) is 76.4 Å². The molecule has 0 aliphatic heterocycles. The van der Waals surface area contributed by atoms with E-state index in [0.29, 0.717) is 23.8 Å². The number of ketones is 1. The zero-order valence-electron chi connectivity index (χ0n) is 11.9. The molecule has 0 atom stereocenters. The second kappa shape index (κ2) is 6.67. The summed E-state index contributed by atoms with van der Waals surface area (Å²) in [5.74, 6) is 0.742. The monoisotopic (exact) mass is 252 g/mol. The number of hydrogen-bond acceptors (Lipinski definition) is 3. The zero-order valence-corrected chi connectivity index (χ0v) is 11.9. The molecular formula is C15H28N2O. The van der Waals surface area contributed by atoms with Gasteiger partial charge in [0.25, 0.3) is 0 Å². The first-order valence-corrected chi connectivity index (χ1v) is 7.62. The number of hydrogen-bond donors (Lipinski definition) is 2. The van der Waals surface area contributed by atoms with Crippen molar-refractivity contribution in [3.63, 3.8) is 0 Å². The maximum Gasteiger partial charge on any atom is 0.132 e. The topological polar surface area (TPSA) is 41.1 Å². The molecule has 0 unspecified atom stereocenters. The second-order valence-electron chi connectivity index (χ2n) is 6.16. The van der Waals surface area contributed by atoms with Gasteiger partial charge in [0.2, 0.25) is 0 Å². The van der Waals surface area contributed by atoms with E-state index in [1.807, 2.05) is 0 Å². The molecule has 0 saturated heterocycles. The molecule has 2 rings (SSSR count). The summed E-state index contributed by atoms with van der Waals surface area (Å²) in [6, 6.07) is 2.11. The third-order valence-corrected chi connectivity index (χ3v) is 4.91. The molecule has 3 heteroatoms. The zero-order chi connectivity index (χ0) is 13.0. The Hall–Kier alpha value is -0.410. The van der Waals surface area contributed by atoms with Crippen molar-refractivity contribution in [3.05, 3.63) is 0 Å². The number of nitrogens with one attached hydrogen (secondary N) is 2. The molecule has 2 N–H and O–H groups in total. The van der Waals surface area contributed by atoms with Crippen molar-refractivity contribution in [2.75, 3.05) is 7.05 Å². The van der Waals surface area contributed by atoms with Crippen molar-refractivity contribution in [1.29, 1.82) is 0 Å². The van der Waals surface area contributed by atoms with Gasteiger partial charge in [-0.05, 0) is 65.3 Å². The summed E-state index contributed by atoms with van der Waals surface area (Å²) in [4.78, 5) is 11.3. The average molecular weight is 252 g/mol. The summed E-state index contributed by atoms with van der Waals surface area (Å²) in [7, 11) is 2.07. The van der Waals surface area contributed by atoms with Gasteiger partial charge < -0.3 is 10.6 Å². The molecule has 0 aromatic heterocycles. The Balaban J connectivity index is 1.67. The van der Waals surface area contributed by atoms with Crippen molar-refractivity contribution in [3.8, 4) is 0 Å². The molecule has 18 heavy (non-hydrogen) atoms. The molecule has 104 valence electrons. The van der Waals surface area contributed by atoms with Crippen LogP contribution in [-0.2, 0) is 4.79 Å². The van der Waals surface area contributed by atoms with Crippen LogP contribution in [0.4, 0.5) is 0 Å². The second-order valence-corrected chi connectivity index (χ2v) is 6.16. The Labute approximate surface area is 111 Å². The molecule has 2 aliphatic carbocycles. The van der Waals surface area contributed by atoms with Crippen LogP contribution in [0.1, 0.15) is 58.3 Å². The summed E-state index contributed by atoms with van der Waals surface area (Å²) in [5, 5.41) is 7.20. The Bertz CT molecular complexity index is 264. The van der Waals surface area contributed by atoms with Crippen LogP contribution in [0.25, 0.3) is 0 Å². The van der Waals surface area contributed by atoms with Crippen LogP contribution in [-0.4, -0.2) is 31.0 Å². The molecule has 0 radical (unpaired) electrons. The van der Waals surface area contributed by atoms with Crippen LogP contribution < -0.4 is 10.6 Å². The molecule has 2 aliphatic rings. The Morgan fingerprint density at radius 2 is 1.28 bits per heavy atom. The molecule has 0 amide bonds. The van der Waals surface area contributed by atoms with Crippen molar-refractivity contribution in [2.24, 2.45) is 5.92 Å². The smallest absolute Gasteiger partial charge is 0.132 e. The maximum atomic E-state index is 11.3. The van der Waals surface area contributed by atoms with Gasteiger partial charge in [0.15, 0.2) is 0 Å². The van der Waals surface area contributed by atoms with Gasteiger partial charge in [-0.2, -0.15) is 0 Å². The molecule has 3 nitrogen and oxygen atoms in total. The molecule has 0 bridgehead atoms. The number of rotatable bonds is 4. The number of carbonyl (C=O) groups excluding carboxylic acids is 1. The lowest BCUT2D eigenvalue weighted by Crippen LogP contribution is -2.44. The lowest BCUT2D eigenvalue weighted by Gasteiger charge is -2.35. The van der Waals surface area contributed by atoms with E-state index < -0.39 is 0 Å². The minimum atomic E-state index is 0.350. The first-order valence-electron chi connectivity index (χ1n) is 7.62. The third-order valence-electron chi connectivity index (χ3n) is 4.91. The van der Waals surface area contributed by atoms with Crippen LogP contribution in [0.5, 0.6) is 0 Å². The summed E-state index contributed by atoms with van der Waals surface area (Å²) in [6.07, 6.45) is 9.79. The van der Waals surface area contributed by atoms with E-state index in [2.05, 4.69) is 17.7 Å². The predicted molar refractivity (Wildman–Crippen MR) is 74.7 cm³/mol. The first-order chi connectivity index (χ1) is 8.69. The van der Waals surface area contributed by atoms with Crippen LogP contribution in [0, 0.1) is 5.92 Å². The van der Waals surface area contributed by atoms with Crippen molar-refractivity contribution in [1.82, 2.24) is 10.6 Å². The van der Waals surface area contributed by atoms with Gasteiger partial charge in [-0.25, -0.2) is 0 Å². The van der Waals surface area contributed by atoms with E-state index in [1.54, 1.807) is 6.92 Å². The molecule has 0 heterocycles. The lowest BCUT2D eigenvalue weighted by atomic mass is 9.83. The molecular weight excluding hydrogens is 224 g/mol. The van der Waals surface area contributed by atoms with E-state index >= 15 is 0 Å². The number of carbonyl (C=O) groups is 1. The minimum absolute atomic E-state index is 0.350. The lowest BCUT2D eigenvalue weighted by molar-refractivity contribution is -0.121. The summed E-state index contributed by atoms with van der Waals surface area (Å²) in [5.41, 5.74) is 0. The minimum Gasteiger partial charge on any atom is -0.317 e. The number of Topliss-reactive ketones (excluding diaryl/α,β-unsaturated/α-hetero) is 1. The third kappa shape index (κ3) is 3.79. The van der Waals surface area contributed by atoms with Crippen LogP contribution in [0.2, 0.25) is 0 Å². The maximum absolute atomic E-state index is 11.3. The normalized spacial score (nSPS) is 37.4. The van der Waals surface area contributed by atoms with Gasteiger partial charge in [0.05, 0.1) is 0 Å². The van der Waals surface area contributed by atoms with Gasteiger partial charge in [0.1, 0.15) is 5.78 Å². The fourth-order valence-electron chi connectivity index (χ4n) is 3.55. The molecule has 2 saturated carbocycles. The quantitative estimate of drug-likeness (QED) is 0.806. The SMILES string of the molecule is CNC1CCC(NC2CCC(C(C)=O)CC2)CC1. The Kier molecular flexibility index (Phi) is 5.19. The summed E-state index contributed by atoms with van der Waals surface area (Å²) in [6.45, 7) is 1.75. The largest absolute Gasteiger partial charge is 0.317 e. The van der Waals surface area contributed by atoms with E-state index in [1.165, 1.54) is 38.5 Å². The predicted octanol–water partition coefficient (Wildman–Crippen LogP) is 2.25. The average Bonchev–Trinajstić information content (AvgIpc) is 2.40. The highest BCUT2D eigenvalue weighted by molar-refractivity contribution is 5.78. The fourth-order valence-corrected chi connectivity index (χ4v) is 3.55. The first kappa shape index (κ1) is 14.0. The van der Waals surface area contributed by atoms with Gasteiger partial charge in [0, 0.05) is 24.0 Å². The van der Waals surface area contributed by atoms with E-state index in [4.69, 9.17) is 0 Å². The molecule has 0 aromatic carbocycles. The van der Waals surface area contributed by atoms with Gasteiger partial charge in [-0.3, -0.25) is 4.79 Å². The van der Waals surface area contributed by atoms with Crippen LogP contribution in [0.3, 0.4) is 0 Å². The Morgan fingerprint density at radius 1 is 0.833 bits per heavy atom. The van der Waals surface area contributed by atoms with Gasteiger partial charge in [-0.15, -0.1) is 0 Å². The molecule has 0 spiro atoms.